The highest BCUT2D eigenvalue weighted by atomic mass is 32.1. The van der Waals surface area contributed by atoms with E-state index in [1.165, 1.54) is 17.4 Å². The maximum atomic E-state index is 13.0. The Balaban J connectivity index is 1.92. The molecule has 8 heteroatoms. The number of anilines is 1. The lowest BCUT2D eigenvalue weighted by atomic mass is 9.88. The van der Waals surface area contributed by atoms with Gasteiger partial charge in [0.25, 0.3) is 5.91 Å². The molecule has 1 aromatic carbocycles. The number of methoxy groups -OCH3 is 1. The van der Waals surface area contributed by atoms with Gasteiger partial charge in [0.15, 0.2) is 11.5 Å². The third-order valence-electron chi connectivity index (χ3n) is 5.44. The van der Waals surface area contributed by atoms with Gasteiger partial charge in [-0.25, -0.2) is 4.79 Å². The van der Waals surface area contributed by atoms with Crippen molar-refractivity contribution in [3.05, 3.63) is 45.3 Å². The van der Waals surface area contributed by atoms with Gasteiger partial charge in [-0.05, 0) is 75.3 Å². The highest BCUT2D eigenvalue weighted by Crippen LogP contribution is 2.40. The summed E-state index contributed by atoms with van der Waals surface area (Å²) in [4.78, 5) is 26.8. The lowest BCUT2D eigenvalue weighted by Gasteiger charge is -2.18. The Hall–Kier alpha value is -3.31. The van der Waals surface area contributed by atoms with Gasteiger partial charge in [0.05, 0.1) is 25.4 Å². The van der Waals surface area contributed by atoms with Crippen molar-refractivity contribution in [3.63, 3.8) is 0 Å². The molecule has 0 bridgehead atoms. The van der Waals surface area contributed by atoms with Crippen LogP contribution in [0, 0.1) is 17.2 Å². The number of thiophene rings is 1. The minimum Gasteiger partial charge on any atom is -0.493 e. The van der Waals surface area contributed by atoms with Crippen molar-refractivity contribution in [2.24, 2.45) is 5.92 Å². The van der Waals surface area contributed by atoms with Crippen LogP contribution >= 0.6 is 11.3 Å². The van der Waals surface area contributed by atoms with Crippen LogP contribution in [-0.2, 0) is 22.4 Å². The van der Waals surface area contributed by atoms with Gasteiger partial charge in [-0.15, -0.1) is 11.3 Å². The van der Waals surface area contributed by atoms with Gasteiger partial charge in [-0.2, -0.15) is 5.26 Å². The van der Waals surface area contributed by atoms with Crippen LogP contribution in [0.25, 0.3) is 6.08 Å². The summed E-state index contributed by atoms with van der Waals surface area (Å²) in [6.45, 7) is 7.97. The van der Waals surface area contributed by atoms with Crippen LogP contribution in [0.4, 0.5) is 5.00 Å². The van der Waals surface area contributed by atoms with Crippen LogP contribution in [-0.4, -0.2) is 31.7 Å². The van der Waals surface area contributed by atoms with Gasteiger partial charge in [0, 0.05) is 4.88 Å². The van der Waals surface area contributed by atoms with Gasteiger partial charge in [-0.1, -0.05) is 13.0 Å². The lowest BCUT2D eigenvalue weighted by molar-refractivity contribution is -0.112. The van der Waals surface area contributed by atoms with Crippen LogP contribution in [0.2, 0.25) is 0 Å². The molecule has 0 saturated carbocycles. The minimum absolute atomic E-state index is 0.0688. The number of nitriles is 1. The first-order valence-corrected chi connectivity index (χ1v) is 12.2. The second-order valence-corrected chi connectivity index (χ2v) is 9.58. The maximum absolute atomic E-state index is 13.0. The first-order chi connectivity index (χ1) is 16.3. The van der Waals surface area contributed by atoms with Crippen LogP contribution in [0.5, 0.6) is 11.5 Å². The van der Waals surface area contributed by atoms with Crippen molar-refractivity contribution in [3.8, 4) is 17.6 Å². The number of nitrogens with zero attached hydrogens (tertiary/aromatic N) is 1. The second kappa shape index (κ2) is 11.2. The molecule has 1 N–H and O–H groups in total. The zero-order chi connectivity index (χ0) is 24.8. The zero-order valence-corrected chi connectivity index (χ0v) is 21.0. The van der Waals surface area contributed by atoms with E-state index in [2.05, 4.69) is 12.2 Å². The van der Waals surface area contributed by atoms with Crippen LogP contribution < -0.4 is 14.8 Å². The largest absolute Gasteiger partial charge is 0.493 e. The number of carbonyl (C=O) groups is 2. The normalized spacial score (nSPS) is 15.3. The Kier molecular flexibility index (Phi) is 8.35. The molecule has 0 saturated heterocycles. The van der Waals surface area contributed by atoms with E-state index >= 15 is 0 Å². The Morgan fingerprint density at radius 1 is 1.32 bits per heavy atom. The molecule has 1 amide bonds. The second-order valence-electron chi connectivity index (χ2n) is 8.48. The standard InChI is InChI=1S/C26H30N2O5S/c1-6-32-26(30)23-19-9-7-16(4)11-22(19)34-25(23)28-24(29)18(14-27)12-17-8-10-20(31-5)21(13-17)33-15(2)3/h8,10,12-13,15-16H,6-7,9,11H2,1-5H3,(H,28,29)/b18-12+. The predicted molar refractivity (Wildman–Crippen MR) is 132 cm³/mol. The quantitative estimate of drug-likeness (QED) is 0.308. The fourth-order valence-electron chi connectivity index (χ4n) is 3.87. The average molecular weight is 483 g/mol. The molecule has 1 heterocycles. The van der Waals surface area contributed by atoms with Gasteiger partial charge in [0.1, 0.15) is 16.6 Å². The van der Waals surface area contributed by atoms with Gasteiger partial charge in [-0.3, -0.25) is 4.79 Å². The van der Waals surface area contributed by atoms with Crippen LogP contribution in [0.1, 0.15) is 60.5 Å². The molecular formula is C26H30N2O5S. The third-order valence-corrected chi connectivity index (χ3v) is 6.61. The first-order valence-electron chi connectivity index (χ1n) is 11.4. The van der Waals surface area contributed by atoms with E-state index in [0.717, 1.165) is 29.7 Å². The highest BCUT2D eigenvalue weighted by molar-refractivity contribution is 7.17. The molecule has 34 heavy (non-hydrogen) atoms. The molecule has 0 fully saturated rings. The average Bonchev–Trinajstić information content (AvgIpc) is 3.14. The van der Waals surface area contributed by atoms with E-state index in [1.54, 1.807) is 32.2 Å². The number of nitrogens with one attached hydrogen (secondary N) is 1. The Morgan fingerprint density at radius 2 is 2.09 bits per heavy atom. The fraction of sp³-hybridized carbons (Fsp3) is 0.423. The molecule has 0 spiro atoms. The number of amides is 1. The molecule has 1 aliphatic carbocycles. The highest BCUT2D eigenvalue weighted by Gasteiger charge is 2.29. The summed E-state index contributed by atoms with van der Waals surface area (Å²) in [6, 6.07) is 7.16. The number of fused-ring (bicyclic) bond motifs is 1. The molecule has 1 aliphatic rings. The van der Waals surface area contributed by atoms with E-state index in [1.807, 2.05) is 19.9 Å². The van der Waals surface area contributed by atoms with E-state index in [4.69, 9.17) is 14.2 Å². The van der Waals surface area contributed by atoms with Crippen LogP contribution in [0.3, 0.4) is 0 Å². The topological polar surface area (TPSA) is 97.7 Å². The summed E-state index contributed by atoms with van der Waals surface area (Å²) < 4.78 is 16.4. The van der Waals surface area contributed by atoms with E-state index in [9.17, 15) is 14.9 Å². The summed E-state index contributed by atoms with van der Waals surface area (Å²) in [5, 5.41) is 12.9. The number of ether oxygens (including phenoxy) is 3. The van der Waals surface area contributed by atoms with Crippen LogP contribution in [0.15, 0.2) is 23.8 Å². The Morgan fingerprint density at radius 3 is 2.74 bits per heavy atom. The number of hydrogen-bond donors (Lipinski definition) is 1. The summed E-state index contributed by atoms with van der Waals surface area (Å²) >= 11 is 1.39. The number of rotatable bonds is 8. The number of hydrogen-bond acceptors (Lipinski definition) is 7. The van der Waals surface area contributed by atoms with E-state index in [0.29, 0.717) is 33.5 Å². The predicted octanol–water partition coefficient (Wildman–Crippen LogP) is 5.39. The van der Waals surface area contributed by atoms with Crippen molar-refractivity contribution in [2.45, 2.75) is 53.1 Å². The molecule has 0 aliphatic heterocycles. The third kappa shape index (κ3) is 5.78. The summed E-state index contributed by atoms with van der Waals surface area (Å²) in [7, 11) is 1.55. The van der Waals surface area contributed by atoms with Crippen molar-refractivity contribution in [2.75, 3.05) is 19.0 Å². The molecule has 0 radical (unpaired) electrons. The molecule has 180 valence electrons. The van der Waals surface area contributed by atoms with Crippen molar-refractivity contribution >= 4 is 34.3 Å². The van der Waals surface area contributed by atoms with Gasteiger partial charge >= 0.3 is 5.97 Å². The Bertz CT molecular complexity index is 1140. The number of carbonyl (C=O) groups excluding carboxylic acids is 2. The van der Waals surface area contributed by atoms with Crippen molar-refractivity contribution < 1.29 is 23.8 Å². The zero-order valence-electron chi connectivity index (χ0n) is 20.2. The molecule has 7 nitrogen and oxygen atoms in total. The smallest absolute Gasteiger partial charge is 0.341 e. The lowest BCUT2D eigenvalue weighted by Crippen LogP contribution is -2.17. The number of esters is 1. The first kappa shape index (κ1) is 25.3. The molecule has 1 atom stereocenters. The van der Waals surface area contributed by atoms with Crippen molar-refractivity contribution in [1.82, 2.24) is 0 Å². The minimum atomic E-state index is -0.582. The van der Waals surface area contributed by atoms with Gasteiger partial charge < -0.3 is 19.5 Å². The Labute approximate surface area is 204 Å². The fourth-order valence-corrected chi connectivity index (χ4v) is 5.27. The monoisotopic (exact) mass is 482 g/mol. The number of benzene rings is 1. The molecular weight excluding hydrogens is 452 g/mol. The van der Waals surface area contributed by atoms with E-state index < -0.39 is 11.9 Å². The summed E-state index contributed by atoms with van der Waals surface area (Å²) in [5.74, 6) is 0.566. The van der Waals surface area contributed by atoms with E-state index in [-0.39, 0.29) is 18.3 Å². The maximum Gasteiger partial charge on any atom is 0.341 e. The van der Waals surface area contributed by atoms with Crippen molar-refractivity contribution in [1.29, 1.82) is 5.26 Å². The molecule has 2 aromatic rings. The SMILES string of the molecule is CCOC(=O)c1c(NC(=O)/C(C#N)=C/c2ccc(OC)c(OC(C)C)c2)sc2c1CCC(C)C2. The molecule has 1 unspecified atom stereocenters. The molecule has 3 rings (SSSR count). The summed E-state index contributed by atoms with van der Waals surface area (Å²) in [5.41, 5.74) is 1.89. The summed E-state index contributed by atoms with van der Waals surface area (Å²) in [6.07, 6.45) is 4.02. The molecule has 1 aromatic heterocycles. The van der Waals surface area contributed by atoms with Gasteiger partial charge in [0.2, 0.25) is 0 Å².